The maximum absolute atomic E-state index is 13.4. The molecule has 1 amide bonds. The van der Waals surface area contributed by atoms with Gasteiger partial charge in [-0.05, 0) is 53.7 Å². The maximum atomic E-state index is 13.4. The number of hydrogen-bond acceptors (Lipinski definition) is 1. The van der Waals surface area contributed by atoms with Crippen LogP contribution in [0.1, 0.15) is 30.1 Å². The SMILES string of the molecule is CCN(CC1CC1)C(=O)c1cccc(F)c1Br. The summed E-state index contributed by atoms with van der Waals surface area (Å²) in [5.74, 6) is 0.162. The Hall–Kier alpha value is -0.900. The first-order chi connectivity index (χ1) is 8.13. The second-order valence-corrected chi connectivity index (χ2v) is 5.18. The Bertz CT molecular complexity index is 431. The summed E-state index contributed by atoms with van der Waals surface area (Å²) in [5, 5.41) is 0. The van der Waals surface area contributed by atoms with Crippen LogP contribution in [-0.2, 0) is 0 Å². The van der Waals surface area contributed by atoms with Crippen molar-refractivity contribution in [3.8, 4) is 0 Å². The molecule has 4 heteroatoms. The third kappa shape index (κ3) is 2.86. The van der Waals surface area contributed by atoms with Crippen LogP contribution in [0.3, 0.4) is 0 Å². The summed E-state index contributed by atoms with van der Waals surface area (Å²) in [7, 11) is 0. The van der Waals surface area contributed by atoms with Gasteiger partial charge in [-0.1, -0.05) is 6.07 Å². The normalized spacial score (nSPS) is 14.8. The highest BCUT2D eigenvalue weighted by Crippen LogP contribution is 2.30. The molecule has 1 saturated carbocycles. The molecule has 92 valence electrons. The molecule has 0 aliphatic heterocycles. The summed E-state index contributed by atoms with van der Waals surface area (Å²) in [6, 6.07) is 4.57. The smallest absolute Gasteiger partial charge is 0.255 e. The molecule has 0 bridgehead atoms. The summed E-state index contributed by atoms with van der Waals surface area (Å²) >= 11 is 3.14. The van der Waals surface area contributed by atoms with Crippen molar-refractivity contribution in [2.45, 2.75) is 19.8 Å². The van der Waals surface area contributed by atoms with Gasteiger partial charge >= 0.3 is 0 Å². The van der Waals surface area contributed by atoms with Crippen molar-refractivity contribution in [2.75, 3.05) is 13.1 Å². The second-order valence-electron chi connectivity index (χ2n) is 4.39. The van der Waals surface area contributed by atoms with E-state index in [4.69, 9.17) is 0 Å². The number of hydrogen-bond donors (Lipinski definition) is 0. The van der Waals surface area contributed by atoms with Crippen molar-refractivity contribution in [1.82, 2.24) is 4.90 Å². The van der Waals surface area contributed by atoms with Gasteiger partial charge in [0.05, 0.1) is 10.0 Å². The molecule has 0 spiro atoms. The molecule has 1 aliphatic rings. The predicted molar refractivity (Wildman–Crippen MR) is 68.4 cm³/mol. The van der Waals surface area contributed by atoms with Gasteiger partial charge in [-0.2, -0.15) is 0 Å². The minimum atomic E-state index is -0.390. The molecule has 0 atom stereocenters. The van der Waals surface area contributed by atoms with Crippen molar-refractivity contribution in [3.63, 3.8) is 0 Å². The van der Waals surface area contributed by atoms with E-state index in [0.29, 0.717) is 18.0 Å². The molecule has 0 radical (unpaired) electrons. The number of nitrogens with zero attached hydrogens (tertiary/aromatic N) is 1. The third-order valence-corrected chi connectivity index (χ3v) is 3.83. The molecule has 0 unspecified atom stereocenters. The summed E-state index contributed by atoms with van der Waals surface area (Å²) < 4.78 is 13.6. The molecular formula is C13H15BrFNO. The zero-order chi connectivity index (χ0) is 12.4. The van der Waals surface area contributed by atoms with E-state index in [9.17, 15) is 9.18 Å². The van der Waals surface area contributed by atoms with Gasteiger partial charge in [0, 0.05) is 13.1 Å². The van der Waals surface area contributed by atoms with Gasteiger partial charge < -0.3 is 4.90 Å². The van der Waals surface area contributed by atoms with Gasteiger partial charge in [-0.3, -0.25) is 4.79 Å². The topological polar surface area (TPSA) is 20.3 Å². The Kier molecular flexibility index (Phi) is 3.82. The molecule has 0 heterocycles. The molecule has 2 rings (SSSR count). The molecule has 17 heavy (non-hydrogen) atoms. The minimum Gasteiger partial charge on any atom is -0.339 e. The number of halogens is 2. The van der Waals surface area contributed by atoms with E-state index in [1.54, 1.807) is 17.0 Å². The minimum absolute atomic E-state index is 0.0919. The third-order valence-electron chi connectivity index (χ3n) is 3.03. The van der Waals surface area contributed by atoms with E-state index in [-0.39, 0.29) is 10.4 Å². The van der Waals surface area contributed by atoms with E-state index < -0.39 is 5.82 Å². The molecule has 1 fully saturated rings. The maximum Gasteiger partial charge on any atom is 0.255 e. The summed E-state index contributed by atoms with van der Waals surface area (Å²) in [6.07, 6.45) is 2.40. The first-order valence-corrected chi connectivity index (χ1v) is 6.66. The monoisotopic (exact) mass is 299 g/mol. The predicted octanol–water partition coefficient (Wildman–Crippen LogP) is 3.46. The Morgan fingerprint density at radius 3 is 2.82 bits per heavy atom. The first kappa shape index (κ1) is 12.6. The van der Waals surface area contributed by atoms with Crippen molar-refractivity contribution < 1.29 is 9.18 Å². The zero-order valence-corrected chi connectivity index (χ0v) is 11.3. The van der Waals surface area contributed by atoms with Crippen LogP contribution in [0.5, 0.6) is 0 Å². The fourth-order valence-electron chi connectivity index (χ4n) is 1.81. The van der Waals surface area contributed by atoms with E-state index in [1.807, 2.05) is 6.92 Å². The van der Waals surface area contributed by atoms with Crippen molar-refractivity contribution in [1.29, 1.82) is 0 Å². The van der Waals surface area contributed by atoms with Gasteiger partial charge in [0.1, 0.15) is 5.82 Å². The molecule has 1 aromatic carbocycles. The van der Waals surface area contributed by atoms with Crippen LogP contribution < -0.4 is 0 Å². The van der Waals surface area contributed by atoms with E-state index >= 15 is 0 Å². The van der Waals surface area contributed by atoms with Crippen LogP contribution in [0.2, 0.25) is 0 Å². The quantitative estimate of drug-likeness (QED) is 0.834. The van der Waals surface area contributed by atoms with Crippen LogP contribution in [-0.4, -0.2) is 23.9 Å². The van der Waals surface area contributed by atoms with Gasteiger partial charge in [-0.15, -0.1) is 0 Å². The number of carbonyl (C=O) groups is 1. The average molecular weight is 300 g/mol. The van der Waals surface area contributed by atoms with Crippen molar-refractivity contribution in [2.24, 2.45) is 5.92 Å². The van der Waals surface area contributed by atoms with Gasteiger partial charge in [0.25, 0.3) is 5.91 Å². The molecule has 0 saturated heterocycles. The largest absolute Gasteiger partial charge is 0.339 e. The number of rotatable bonds is 4. The Balaban J connectivity index is 2.18. The standard InChI is InChI=1S/C13H15BrFNO/c1-2-16(8-9-6-7-9)13(17)10-4-3-5-11(15)12(10)14/h3-5,9H,2,6-8H2,1H3. The van der Waals surface area contributed by atoms with Crippen molar-refractivity contribution in [3.05, 3.63) is 34.1 Å². The van der Waals surface area contributed by atoms with Gasteiger partial charge in [0.2, 0.25) is 0 Å². The average Bonchev–Trinajstić information content (AvgIpc) is 3.13. The lowest BCUT2D eigenvalue weighted by Crippen LogP contribution is -2.33. The van der Waals surface area contributed by atoms with E-state index in [1.165, 1.54) is 18.9 Å². The molecule has 1 aromatic rings. The molecule has 0 N–H and O–H groups in total. The number of benzene rings is 1. The Morgan fingerprint density at radius 2 is 2.24 bits per heavy atom. The fourth-order valence-corrected chi connectivity index (χ4v) is 2.24. The van der Waals surface area contributed by atoms with Crippen LogP contribution in [0.4, 0.5) is 4.39 Å². The van der Waals surface area contributed by atoms with Crippen LogP contribution in [0, 0.1) is 11.7 Å². The summed E-state index contributed by atoms with van der Waals surface area (Å²) in [4.78, 5) is 14.0. The molecule has 0 aromatic heterocycles. The second kappa shape index (κ2) is 5.17. The molecule has 1 aliphatic carbocycles. The van der Waals surface area contributed by atoms with Gasteiger partial charge in [0.15, 0.2) is 0 Å². The lowest BCUT2D eigenvalue weighted by atomic mass is 10.2. The van der Waals surface area contributed by atoms with Crippen LogP contribution >= 0.6 is 15.9 Å². The van der Waals surface area contributed by atoms with E-state index in [0.717, 1.165) is 6.54 Å². The zero-order valence-electron chi connectivity index (χ0n) is 9.75. The lowest BCUT2D eigenvalue weighted by Gasteiger charge is -2.21. The highest BCUT2D eigenvalue weighted by molar-refractivity contribution is 9.10. The number of carbonyl (C=O) groups excluding carboxylic acids is 1. The summed E-state index contributed by atoms with van der Waals surface area (Å²) in [5.41, 5.74) is 0.410. The highest BCUT2D eigenvalue weighted by Gasteiger charge is 2.27. The first-order valence-electron chi connectivity index (χ1n) is 5.86. The summed E-state index contributed by atoms with van der Waals surface area (Å²) in [6.45, 7) is 3.41. The fraction of sp³-hybridized carbons (Fsp3) is 0.462. The van der Waals surface area contributed by atoms with Crippen LogP contribution in [0.25, 0.3) is 0 Å². The van der Waals surface area contributed by atoms with Gasteiger partial charge in [-0.25, -0.2) is 4.39 Å². The molecular weight excluding hydrogens is 285 g/mol. The Morgan fingerprint density at radius 1 is 1.53 bits per heavy atom. The molecule has 2 nitrogen and oxygen atoms in total. The lowest BCUT2D eigenvalue weighted by molar-refractivity contribution is 0.0755. The number of amides is 1. The highest BCUT2D eigenvalue weighted by atomic mass is 79.9. The van der Waals surface area contributed by atoms with E-state index in [2.05, 4.69) is 15.9 Å². The van der Waals surface area contributed by atoms with Crippen LogP contribution in [0.15, 0.2) is 22.7 Å². The Labute approximate surface area is 109 Å². The van der Waals surface area contributed by atoms with Crippen molar-refractivity contribution >= 4 is 21.8 Å².